The summed E-state index contributed by atoms with van der Waals surface area (Å²) in [4.78, 5) is 12.4. The number of aliphatic carboxylic acids is 1. The first-order valence-electron chi connectivity index (χ1n) is 6.44. The predicted molar refractivity (Wildman–Crippen MR) is 71.9 cm³/mol. The quantitative estimate of drug-likeness (QED) is 0.758. The molecule has 2 N–H and O–H groups in total. The number of hydrogen-bond donors (Lipinski definition) is 2. The van der Waals surface area contributed by atoms with Gasteiger partial charge in [0.05, 0.1) is 5.69 Å². The number of benzene rings is 1. The molecule has 0 amide bonds. The van der Waals surface area contributed by atoms with Gasteiger partial charge in [-0.25, -0.2) is 4.39 Å². The molecular weight excluding hydrogens is 249 g/mol. The van der Waals surface area contributed by atoms with Crippen LogP contribution in [-0.2, 0) is 11.2 Å². The van der Waals surface area contributed by atoms with Gasteiger partial charge in [0.1, 0.15) is 12.4 Å². The molecule has 0 aliphatic heterocycles. The maximum atomic E-state index is 13.8. The SMILES string of the molecule is CCCCN(CC(=O)O)c1cc(CCO)ccc1F. The Bertz CT molecular complexity index is 423. The Balaban J connectivity index is 2.97. The Kier molecular flexibility index (Phi) is 6.29. The standard InChI is InChI=1S/C14H20FNO3/c1-2-3-7-16(10-14(18)19)13-9-11(6-8-17)4-5-12(13)15/h4-5,9,17H,2-3,6-8,10H2,1H3,(H,18,19). The van der Waals surface area contributed by atoms with E-state index in [4.69, 9.17) is 10.2 Å². The van der Waals surface area contributed by atoms with Crippen LogP contribution in [-0.4, -0.2) is 35.9 Å². The monoisotopic (exact) mass is 269 g/mol. The molecule has 0 atom stereocenters. The lowest BCUT2D eigenvalue weighted by Crippen LogP contribution is -2.31. The molecule has 106 valence electrons. The highest BCUT2D eigenvalue weighted by Gasteiger charge is 2.15. The van der Waals surface area contributed by atoms with E-state index in [-0.39, 0.29) is 13.2 Å². The van der Waals surface area contributed by atoms with Crippen LogP contribution in [0.1, 0.15) is 25.3 Å². The highest BCUT2D eigenvalue weighted by atomic mass is 19.1. The maximum absolute atomic E-state index is 13.8. The largest absolute Gasteiger partial charge is 0.480 e. The fraction of sp³-hybridized carbons (Fsp3) is 0.500. The fourth-order valence-electron chi connectivity index (χ4n) is 1.88. The molecule has 0 aromatic heterocycles. The van der Waals surface area contributed by atoms with E-state index >= 15 is 0 Å². The number of halogens is 1. The zero-order valence-electron chi connectivity index (χ0n) is 11.1. The molecule has 0 heterocycles. The molecule has 1 aromatic carbocycles. The summed E-state index contributed by atoms with van der Waals surface area (Å²) < 4.78 is 13.8. The van der Waals surface area contributed by atoms with Crippen molar-refractivity contribution in [2.24, 2.45) is 0 Å². The average Bonchev–Trinajstić information content (AvgIpc) is 2.37. The summed E-state index contributed by atoms with van der Waals surface area (Å²) in [6.07, 6.45) is 2.15. The van der Waals surface area contributed by atoms with Gasteiger partial charge < -0.3 is 15.1 Å². The molecular formula is C14H20FNO3. The number of unbranched alkanes of at least 4 members (excludes halogenated alkanes) is 1. The van der Waals surface area contributed by atoms with Gasteiger partial charge in [0.2, 0.25) is 0 Å². The molecule has 1 rings (SSSR count). The smallest absolute Gasteiger partial charge is 0.323 e. The summed E-state index contributed by atoms with van der Waals surface area (Å²) in [5.41, 5.74) is 1.09. The lowest BCUT2D eigenvalue weighted by Gasteiger charge is -2.23. The minimum Gasteiger partial charge on any atom is -0.480 e. The molecule has 19 heavy (non-hydrogen) atoms. The van der Waals surface area contributed by atoms with Gasteiger partial charge in [-0.15, -0.1) is 0 Å². The van der Waals surface area contributed by atoms with E-state index in [2.05, 4.69) is 0 Å². The predicted octanol–water partition coefficient (Wildman–Crippen LogP) is 2.05. The van der Waals surface area contributed by atoms with Crippen LogP contribution in [0.3, 0.4) is 0 Å². The molecule has 0 spiro atoms. The van der Waals surface area contributed by atoms with Gasteiger partial charge in [0.15, 0.2) is 0 Å². The van der Waals surface area contributed by atoms with E-state index in [1.807, 2.05) is 6.92 Å². The van der Waals surface area contributed by atoms with E-state index in [0.29, 0.717) is 18.7 Å². The zero-order chi connectivity index (χ0) is 14.3. The molecule has 0 saturated carbocycles. The van der Waals surface area contributed by atoms with E-state index < -0.39 is 11.8 Å². The van der Waals surface area contributed by atoms with Gasteiger partial charge >= 0.3 is 5.97 Å². The van der Waals surface area contributed by atoms with Crippen molar-refractivity contribution < 1.29 is 19.4 Å². The Morgan fingerprint density at radius 2 is 2.16 bits per heavy atom. The van der Waals surface area contributed by atoms with Gasteiger partial charge in [0.25, 0.3) is 0 Å². The van der Waals surface area contributed by atoms with Crippen LogP contribution >= 0.6 is 0 Å². The topological polar surface area (TPSA) is 60.8 Å². The number of rotatable bonds is 8. The molecule has 0 radical (unpaired) electrons. The third-order valence-corrected chi connectivity index (χ3v) is 2.86. The summed E-state index contributed by atoms with van der Waals surface area (Å²) in [5.74, 6) is -1.41. The van der Waals surface area contributed by atoms with E-state index in [0.717, 1.165) is 18.4 Å². The van der Waals surface area contributed by atoms with Crippen molar-refractivity contribution in [2.45, 2.75) is 26.2 Å². The third kappa shape index (κ3) is 4.87. The van der Waals surface area contributed by atoms with Crippen LogP contribution in [0.5, 0.6) is 0 Å². The number of carbonyl (C=O) groups is 1. The second-order valence-corrected chi connectivity index (χ2v) is 4.43. The minimum absolute atomic E-state index is 0.0149. The molecule has 1 aromatic rings. The second-order valence-electron chi connectivity index (χ2n) is 4.43. The highest BCUT2D eigenvalue weighted by Crippen LogP contribution is 2.22. The van der Waals surface area contributed by atoms with Crippen molar-refractivity contribution in [3.8, 4) is 0 Å². The Hall–Kier alpha value is -1.62. The molecule has 0 aliphatic rings. The first-order valence-corrected chi connectivity index (χ1v) is 6.44. The van der Waals surface area contributed by atoms with Gasteiger partial charge in [-0.2, -0.15) is 0 Å². The van der Waals surface area contributed by atoms with Crippen LogP contribution in [0.25, 0.3) is 0 Å². The number of anilines is 1. The summed E-state index contributed by atoms with van der Waals surface area (Å²) in [7, 11) is 0. The summed E-state index contributed by atoms with van der Waals surface area (Å²) >= 11 is 0. The zero-order valence-corrected chi connectivity index (χ0v) is 11.1. The van der Waals surface area contributed by atoms with E-state index in [1.165, 1.54) is 11.0 Å². The second kappa shape index (κ2) is 7.74. The van der Waals surface area contributed by atoms with Crippen LogP contribution < -0.4 is 4.90 Å². The van der Waals surface area contributed by atoms with Crippen LogP contribution in [0.2, 0.25) is 0 Å². The van der Waals surface area contributed by atoms with E-state index in [9.17, 15) is 9.18 Å². The number of aliphatic hydroxyl groups excluding tert-OH is 1. The molecule has 0 aliphatic carbocycles. The van der Waals surface area contributed by atoms with Crippen molar-refractivity contribution in [1.29, 1.82) is 0 Å². The van der Waals surface area contributed by atoms with Crippen LogP contribution in [0, 0.1) is 5.82 Å². The van der Waals surface area contributed by atoms with Gasteiger partial charge in [0, 0.05) is 13.2 Å². The van der Waals surface area contributed by atoms with Gasteiger partial charge in [-0.1, -0.05) is 19.4 Å². The summed E-state index contributed by atoms with van der Waals surface area (Å²) in [5, 5.41) is 17.8. The van der Waals surface area contributed by atoms with Crippen molar-refractivity contribution in [3.63, 3.8) is 0 Å². The highest BCUT2D eigenvalue weighted by molar-refractivity contribution is 5.74. The Morgan fingerprint density at radius 1 is 1.42 bits per heavy atom. The Morgan fingerprint density at radius 3 is 2.74 bits per heavy atom. The first-order chi connectivity index (χ1) is 9.08. The number of hydrogen-bond acceptors (Lipinski definition) is 3. The number of aliphatic hydroxyl groups is 1. The molecule has 5 heteroatoms. The van der Waals surface area contributed by atoms with E-state index in [1.54, 1.807) is 12.1 Å². The molecule has 4 nitrogen and oxygen atoms in total. The normalized spacial score (nSPS) is 10.5. The lowest BCUT2D eigenvalue weighted by molar-refractivity contribution is -0.135. The Labute approximate surface area is 112 Å². The first kappa shape index (κ1) is 15.4. The minimum atomic E-state index is -0.983. The summed E-state index contributed by atoms with van der Waals surface area (Å²) in [6.45, 7) is 2.26. The lowest BCUT2D eigenvalue weighted by atomic mass is 10.1. The van der Waals surface area contributed by atoms with Gasteiger partial charge in [-0.3, -0.25) is 4.79 Å². The fourth-order valence-corrected chi connectivity index (χ4v) is 1.88. The average molecular weight is 269 g/mol. The van der Waals surface area contributed by atoms with Crippen molar-refractivity contribution in [1.82, 2.24) is 0 Å². The number of nitrogens with zero attached hydrogens (tertiary/aromatic N) is 1. The molecule has 0 bridgehead atoms. The van der Waals surface area contributed by atoms with Crippen LogP contribution in [0.4, 0.5) is 10.1 Å². The van der Waals surface area contributed by atoms with Crippen molar-refractivity contribution in [3.05, 3.63) is 29.6 Å². The third-order valence-electron chi connectivity index (χ3n) is 2.86. The van der Waals surface area contributed by atoms with Crippen molar-refractivity contribution in [2.75, 3.05) is 24.6 Å². The number of carboxylic acid groups (broad SMARTS) is 1. The summed E-state index contributed by atoms with van der Waals surface area (Å²) in [6, 6.07) is 4.54. The molecule has 0 fully saturated rings. The van der Waals surface area contributed by atoms with Crippen molar-refractivity contribution >= 4 is 11.7 Å². The van der Waals surface area contributed by atoms with Gasteiger partial charge in [-0.05, 0) is 30.5 Å². The maximum Gasteiger partial charge on any atom is 0.323 e. The number of carboxylic acids is 1. The molecule has 0 saturated heterocycles. The van der Waals surface area contributed by atoms with Crippen LogP contribution in [0.15, 0.2) is 18.2 Å². The molecule has 0 unspecified atom stereocenters.